The summed E-state index contributed by atoms with van der Waals surface area (Å²) in [6.45, 7) is 4.98. The number of carbonyl (C=O) groups excluding carboxylic acids is 1. The van der Waals surface area contributed by atoms with Crippen LogP contribution in [-0.2, 0) is 4.79 Å². The van der Waals surface area contributed by atoms with Crippen LogP contribution < -0.4 is 10.6 Å². The number of carbonyl (C=O) groups is 1. The summed E-state index contributed by atoms with van der Waals surface area (Å²) in [7, 11) is 0. The SMILES string of the molecule is C[C@@H]1CNCCN1CC(=O)Nc1ccccc1F.Cl. The van der Waals surface area contributed by atoms with E-state index in [2.05, 4.69) is 22.5 Å². The maximum Gasteiger partial charge on any atom is 0.238 e. The van der Waals surface area contributed by atoms with Gasteiger partial charge < -0.3 is 10.6 Å². The number of benzene rings is 1. The minimum Gasteiger partial charge on any atom is -0.322 e. The molecule has 0 spiro atoms. The van der Waals surface area contributed by atoms with Crippen LogP contribution in [0.15, 0.2) is 24.3 Å². The number of para-hydroxylation sites is 1. The molecule has 1 fully saturated rings. The number of halogens is 2. The van der Waals surface area contributed by atoms with E-state index >= 15 is 0 Å². The molecule has 6 heteroatoms. The summed E-state index contributed by atoms with van der Waals surface area (Å²) in [4.78, 5) is 13.9. The highest BCUT2D eigenvalue weighted by Gasteiger charge is 2.20. The largest absolute Gasteiger partial charge is 0.322 e. The number of rotatable bonds is 3. The van der Waals surface area contributed by atoms with E-state index in [1.165, 1.54) is 6.07 Å². The van der Waals surface area contributed by atoms with Crippen LogP contribution in [0.4, 0.5) is 10.1 Å². The van der Waals surface area contributed by atoms with E-state index in [1.807, 2.05) is 0 Å². The van der Waals surface area contributed by atoms with Crippen LogP contribution in [0.1, 0.15) is 6.92 Å². The van der Waals surface area contributed by atoms with Crippen molar-refractivity contribution < 1.29 is 9.18 Å². The van der Waals surface area contributed by atoms with Gasteiger partial charge in [0.2, 0.25) is 5.91 Å². The molecular weight excluding hydrogens is 269 g/mol. The van der Waals surface area contributed by atoms with Gasteiger partial charge in [0, 0.05) is 25.7 Å². The Morgan fingerprint density at radius 2 is 2.26 bits per heavy atom. The van der Waals surface area contributed by atoms with Crippen molar-refractivity contribution in [1.82, 2.24) is 10.2 Å². The summed E-state index contributed by atoms with van der Waals surface area (Å²) in [6.07, 6.45) is 0. The summed E-state index contributed by atoms with van der Waals surface area (Å²) in [6, 6.07) is 6.53. The molecule has 2 N–H and O–H groups in total. The van der Waals surface area contributed by atoms with Crippen LogP contribution in [0, 0.1) is 5.82 Å². The molecule has 1 heterocycles. The summed E-state index contributed by atoms with van der Waals surface area (Å²) in [5.74, 6) is -0.576. The van der Waals surface area contributed by atoms with E-state index in [1.54, 1.807) is 18.2 Å². The molecule has 1 atom stereocenters. The molecule has 0 bridgehead atoms. The van der Waals surface area contributed by atoms with Crippen molar-refractivity contribution >= 4 is 24.0 Å². The fraction of sp³-hybridized carbons (Fsp3) is 0.462. The van der Waals surface area contributed by atoms with E-state index in [0.29, 0.717) is 12.6 Å². The van der Waals surface area contributed by atoms with Crippen molar-refractivity contribution in [2.75, 3.05) is 31.5 Å². The van der Waals surface area contributed by atoms with E-state index in [-0.39, 0.29) is 24.0 Å². The van der Waals surface area contributed by atoms with Crippen LogP contribution in [0.5, 0.6) is 0 Å². The monoisotopic (exact) mass is 287 g/mol. The van der Waals surface area contributed by atoms with Crippen molar-refractivity contribution in [1.29, 1.82) is 0 Å². The van der Waals surface area contributed by atoms with Gasteiger partial charge in [0.05, 0.1) is 12.2 Å². The van der Waals surface area contributed by atoms with Gasteiger partial charge in [-0.1, -0.05) is 12.1 Å². The first-order valence-corrected chi connectivity index (χ1v) is 6.16. The van der Waals surface area contributed by atoms with Crippen LogP contribution in [0.2, 0.25) is 0 Å². The Hall–Kier alpha value is -1.17. The fourth-order valence-electron chi connectivity index (χ4n) is 2.05. The molecular formula is C13H19ClFN3O. The van der Waals surface area contributed by atoms with Gasteiger partial charge in [0.15, 0.2) is 0 Å². The third kappa shape index (κ3) is 4.45. The first-order valence-electron chi connectivity index (χ1n) is 6.16. The van der Waals surface area contributed by atoms with E-state index in [0.717, 1.165) is 19.6 Å². The first kappa shape index (κ1) is 15.9. The molecule has 106 valence electrons. The topological polar surface area (TPSA) is 44.4 Å². The third-order valence-electron chi connectivity index (χ3n) is 3.13. The second-order valence-corrected chi connectivity index (χ2v) is 4.55. The first-order chi connectivity index (χ1) is 8.66. The number of amides is 1. The molecule has 0 saturated carbocycles. The Bertz CT molecular complexity index is 430. The molecule has 0 aliphatic carbocycles. The smallest absolute Gasteiger partial charge is 0.238 e. The van der Waals surface area contributed by atoms with Gasteiger partial charge in [-0.3, -0.25) is 9.69 Å². The summed E-state index contributed by atoms with van der Waals surface area (Å²) >= 11 is 0. The zero-order valence-corrected chi connectivity index (χ0v) is 11.7. The lowest BCUT2D eigenvalue weighted by Crippen LogP contribution is -2.52. The number of hydrogen-bond donors (Lipinski definition) is 2. The van der Waals surface area contributed by atoms with Gasteiger partial charge in [0.25, 0.3) is 0 Å². The van der Waals surface area contributed by atoms with Crippen LogP contribution in [-0.4, -0.2) is 43.0 Å². The lowest BCUT2D eigenvalue weighted by atomic mass is 10.2. The molecule has 1 amide bonds. The molecule has 1 aromatic carbocycles. The minimum atomic E-state index is -0.404. The maximum absolute atomic E-state index is 13.4. The predicted molar refractivity (Wildman–Crippen MR) is 76.2 cm³/mol. The highest BCUT2D eigenvalue weighted by molar-refractivity contribution is 5.92. The normalized spacial score (nSPS) is 19.6. The van der Waals surface area contributed by atoms with Gasteiger partial charge in [-0.15, -0.1) is 12.4 Å². The molecule has 1 aliphatic rings. The molecule has 1 aromatic rings. The van der Waals surface area contributed by atoms with E-state index < -0.39 is 5.82 Å². The molecule has 0 radical (unpaired) electrons. The average molecular weight is 288 g/mol. The second kappa shape index (κ2) is 7.43. The maximum atomic E-state index is 13.4. The molecule has 19 heavy (non-hydrogen) atoms. The zero-order valence-electron chi connectivity index (χ0n) is 10.9. The number of hydrogen-bond acceptors (Lipinski definition) is 3. The second-order valence-electron chi connectivity index (χ2n) is 4.55. The molecule has 1 saturated heterocycles. The Balaban J connectivity index is 0.00000180. The number of nitrogens with zero attached hydrogens (tertiary/aromatic N) is 1. The lowest BCUT2D eigenvalue weighted by Gasteiger charge is -2.33. The van der Waals surface area contributed by atoms with Gasteiger partial charge in [-0.2, -0.15) is 0 Å². The molecule has 2 rings (SSSR count). The number of anilines is 1. The zero-order chi connectivity index (χ0) is 13.0. The standard InChI is InChI=1S/C13H18FN3O.ClH/c1-10-8-15-6-7-17(10)9-13(18)16-12-5-3-2-4-11(12)14;/h2-5,10,15H,6-9H2,1H3,(H,16,18);1H/t10-;/m1./s1. The van der Waals surface area contributed by atoms with Crippen molar-refractivity contribution in [2.24, 2.45) is 0 Å². The summed E-state index contributed by atoms with van der Waals surface area (Å²) < 4.78 is 13.4. The van der Waals surface area contributed by atoms with Gasteiger partial charge in [0.1, 0.15) is 5.82 Å². The number of piperazine rings is 1. The van der Waals surface area contributed by atoms with Gasteiger partial charge >= 0.3 is 0 Å². The number of nitrogens with one attached hydrogen (secondary N) is 2. The van der Waals surface area contributed by atoms with Crippen molar-refractivity contribution in [3.63, 3.8) is 0 Å². The van der Waals surface area contributed by atoms with Crippen molar-refractivity contribution in [3.05, 3.63) is 30.1 Å². The van der Waals surface area contributed by atoms with Crippen LogP contribution in [0.25, 0.3) is 0 Å². The van der Waals surface area contributed by atoms with Crippen molar-refractivity contribution in [2.45, 2.75) is 13.0 Å². The summed E-state index contributed by atoms with van der Waals surface area (Å²) in [5.41, 5.74) is 0.241. The van der Waals surface area contributed by atoms with E-state index in [9.17, 15) is 9.18 Å². The molecule has 1 aliphatic heterocycles. The third-order valence-corrected chi connectivity index (χ3v) is 3.13. The van der Waals surface area contributed by atoms with Gasteiger partial charge in [-0.05, 0) is 19.1 Å². The van der Waals surface area contributed by atoms with Gasteiger partial charge in [-0.25, -0.2) is 4.39 Å². The highest BCUT2D eigenvalue weighted by Crippen LogP contribution is 2.12. The molecule has 0 aromatic heterocycles. The molecule has 0 unspecified atom stereocenters. The Morgan fingerprint density at radius 3 is 2.95 bits per heavy atom. The minimum absolute atomic E-state index is 0. The van der Waals surface area contributed by atoms with Crippen molar-refractivity contribution in [3.8, 4) is 0 Å². The Labute approximate surface area is 118 Å². The fourth-order valence-corrected chi connectivity index (χ4v) is 2.05. The lowest BCUT2D eigenvalue weighted by molar-refractivity contribution is -0.118. The average Bonchev–Trinajstić information content (AvgIpc) is 2.35. The van der Waals surface area contributed by atoms with Crippen LogP contribution >= 0.6 is 12.4 Å². The highest BCUT2D eigenvalue weighted by atomic mass is 35.5. The van der Waals surface area contributed by atoms with E-state index in [4.69, 9.17) is 0 Å². The Morgan fingerprint density at radius 1 is 1.53 bits per heavy atom. The summed E-state index contributed by atoms with van der Waals surface area (Å²) in [5, 5.41) is 5.87. The predicted octanol–water partition coefficient (Wildman–Crippen LogP) is 1.48. The quantitative estimate of drug-likeness (QED) is 0.885. The van der Waals surface area contributed by atoms with Crippen LogP contribution in [0.3, 0.4) is 0 Å². The Kier molecular flexibility index (Phi) is 6.21. The molecule has 4 nitrogen and oxygen atoms in total.